The van der Waals surface area contributed by atoms with Crippen molar-refractivity contribution >= 4 is 28.0 Å². The van der Waals surface area contributed by atoms with Crippen molar-refractivity contribution in [2.75, 3.05) is 5.01 Å². The minimum absolute atomic E-state index is 0.0155. The molecule has 0 aliphatic carbocycles. The normalized spacial score (nSPS) is 15.5. The van der Waals surface area contributed by atoms with E-state index in [1.165, 1.54) is 16.3 Å². The first kappa shape index (κ1) is 10.3. The third-order valence-corrected chi connectivity index (χ3v) is 3.53. The second-order valence-corrected chi connectivity index (χ2v) is 4.76. The van der Waals surface area contributed by atoms with Crippen molar-refractivity contribution in [2.24, 2.45) is 5.10 Å². The van der Waals surface area contributed by atoms with Crippen LogP contribution in [0.3, 0.4) is 0 Å². The fraction of sp³-hybridized carbons (Fsp3) is 0.167. The van der Waals surface area contributed by atoms with Crippen LogP contribution in [0.5, 0.6) is 0 Å². The van der Waals surface area contributed by atoms with Gasteiger partial charge in [0.25, 0.3) is 5.91 Å². The lowest BCUT2D eigenvalue weighted by Crippen LogP contribution is -2.18. The first-order valence-corrected chi connectivity index (χ1v) is 6.11. The number of hydrazone groups is 1. The number of furan rings is 1. The molecule has 0 atom stereocenters. The van der Waals surface area contributed by atoms with Crippen molar-refractivity contribution in [3.8, 4) is 0 Å². The zero-order valence-electron chi connectivity index (χ0n) is 9.21. The summed E-state index contributed by atoms with van der Waals surface area (Å²) in [4.78, 5) is 11.9. The molecule has 0 saturated carbocycles. The van der Waals surface area contributed by atoms with E-state index < -0.39 is 0 Å². The van der Waals surface area contributed by atoms with Crippen LogP contribution < -0.4 is 5.01 Å². The lowest BCUT2D eigenvalue weighted by atomic mass is 10.2. The number of aryl methyl sites for hydroxylation is 1. The predicted molar refractivity (Wildman–Crippen MR) is 66.4 cm³/mol. The van der Waals surface area contributed by atoms with Gasteiger partial charge in [-0.25, -0.2) is 0 Å². The van der Waals surface area contributed by atoms with E-state index in [-0.39, 0.29) is 5.91 Å². The van der Waals surface area contributed by atoms with Gasteiger partial charge in [0.2, 0.25) is 0 Å². The Morgan fingerprint density at radius 3 is 3.06 bits per heavy atom. The van der Waals surface area contributed by atoms with Gasteiger partial charge in [-0.1, -0.05) is 0 Å². The molecule has 1 aliphatic rings. The Hall–Kier alpha value is -1.88. The minimum atomic E-state index is -0.0155. The molecule has 3 rings (SSSR count). The third-order valence-electron chi connectivity index (χ3n) is 2.51. The molecule has 2 aromatic rings. The summed E-state index contributed by atoms with van der Waals surface area (Å²) in [6.07, 6.45) is 1.88. The summed E-state index contributed by atoms with van der Waals surface area (Å²) in [6, 6.07) is 5.56. The van der Waals surface area contributed by atoms with Gasteiger partial charge in [-0.05, 0) is 36.1 Å². The minimum Gasteiger partial charge on any atom is -0.463 e. The van der Waals surface area contributed by atoms with E-state index in [4.69, 9.17) is 4.42 Å². The number of anilines is 1. The number of carbonyl (C=O) groups excluding carboxylic acids is 1. The van der Waals surface area contributed by atoms with Gasteiger partial charge in [0, 0.05) is 0 Å². The monoisotopic (exact) mass is 246 g/mol. The summed E-state index contributed by atoms with van der Waals surface area (Å²) in [6.45, 7) is 2.00. The molecule has 0 fully saturated rings. The van der Waals surface area contributed by atoms with Crippen LogP contribution in [0, 0.1) is 6.92 Å². The lowest BCUT2D eigenvalue weighted by Gasteiger charge is -2.07. The molecule has 0 unspecified atom stereocenters. The Morgan fingerprint density at radius 1 is 1.53 bits per heavy atom. The van der Waals surface area contributed by atoms with Gasteiger partial charge in [0.05, 0.1) is 12.7 Å². The maximum Gasteiger partial charge on any atom is 0.254 e. The highest BCUT2D eigenvalue weighted by Gasteiger charge is 2.28. The van der Waals surface area contributed by atoms with Gasteiger partial charge in [0.15, 0.2) is 0 Å². The SMILES string of the molecule is Cc1csc(N2N=C(c3ccco3)CC2=O)c1. The first-order valence-electron chi connectivity index (χ1n) is 5.23. The van der Waals surface area contributed by atoms with Crippen LogP contribution in [0.1, 0.15) is 17.7 Å². The van der Waals surface area contributed by atoms with Crippen molar-refractivity contribution < 1.29 is 9.21 Å². The van der Waals surface area contributed by atoms with Crippen molar-refractivity contribution in [3.63, 3.8) is 0 Å². The van der Waals surface area contributed by atoms with Crippen molar-refractivity contribution in [1.82, 2.24) is 0 Å². The molecule has 1 amide bonds. The zero-order valence-corrected chi connectivity index (χ0v) is 10.0. The molecule has 0 aromatic carbocycles. The largest absolute Gasteiger partial charge is 0.463 e. The van der Waals surface area contributed by atoms with Crippen molar-refractivity contribution in [3.05, 3.63) is 41.2 Å². The fourth-order valence-electron chi connectivity index (χ4n) is 1.71. The Bertz CT molecular complexity index is 583. The number of hydrogen-bond donors (Lipinski definition) is 0. The average molecular weight is 246 g/mol. The molecular formula is C12H10N2O2S. The number of rotatable bonds is 2. The molecule has 0 spiro atoms. The molecule has 3 heterocycles. The number of nitrogens with zero attached hydrogens (tertiary/aromatic N) is 2. The van der Waals surface area contributed by atoms with E-state index in [1.54, 1.807) is 12.3 Å². The van der Waals surface area contributed by atoms with Gasteiger partial charge < -0.3 is 4.42 Å². The highest BCUT2D eigenvalue weighted by atomic mass is 32.1. The van der Waals surface area contributed by atoms with Crippen LogP contribution in [0.2, 0.25) is 0 Å². The average Bonchev–Trinajstić information content (AvgIpc) is 2.97. The smallest absolute Gasteiger partial charge is 0.254 e. The van der Waals surface area contributed by atoms with E-state index in [0.29, 0.717) is 17.9 Å². The van der Waals surface area contributed by atoms with Crippen LogP contribution in [-0.4, -0.2) is 11.6 Å². The molecule has 0 N–H and O–H groups in total. The molecule has 86 valence electrons. The molecule has 0 radical (unpaired) electrons. The topological polar surface area (TPSA) is 45.8 Å². The Balaban J connectivity index is 1.94. The van der Waals surface area contributed by atoms with Gasteiger partial charge >= 0.3 is 0 Å². The summed E-state index contributed by atoms with van der Waals surface area (Å²) in [5.74, 6) is 0.646. The van der Waals surface area contributed by atoms with Gasteiger partial charge in [0.1, 0.15) is 16.5 Å². The number of hydrogen-bond acceptors (Lipinski definition) is 4. The molecule has 0 bridgehead atoms. The molecule has 5 heteroatoms. The van der Waals surface area contributed by atoms with Crippen molar-refractivity contribution in [1.29, 1.82) is 0 Å². The van der Waals surface area contributed by atoms with Gasteiger partial charge in [-0.3, -0.25) is 4.79 Å². The van der Waals surface area contributed by atoms with Crippen molar-refractivity contribution in [2.45, 2.75) is 13.3 Å². The van der Waals surface area contributed by atoms with Crippen LogP contribution in [0.15, 0.2) is 39.4 Å². The highest BCUT2D eigenvalue weighted by molar-refractivity contribution is 7.14. The van der Waals surface area contributed by atoms with Crippen LogP contribution in [-0.2, 0) is 4.79 Å². The van der Waals surface area contributed by atoms with Crippen LogP contribution in [0.25, 0.3) is 0 Å². The maximum atomic E-state index is 11.9. The maximum absolute atomic E-state index is 11.9. The quantitative estimate of drug-likeness (QED) is 0.818. The van der Waals surface area contributed by atoms with E-state index in [1.807, 2.05) is 24.4 Å². The molecule has 4 nitrogen and oxygen atoms in total. The van der Waals surface area contributed by atoms with E-state index in [2.05, 4.69) is 5.10 Å². The number of carbonyl (C=O) groups is 1. The molecule has 1 aliphatic heterocycles. The predicted octanol–water partition coefficient (Wildman–Crippen LogP) is 2.79. The summed E-state index contributed by atoms with van der Waals surface area (Å²) >= 11 is 1.52. The molecule has 2 aromatic heterocycles. The molecule has 17 heavy (non-hydrogen) atoms. The van der Waals surface area contributed by atoms with Gasteiger partial charge in [-0.15, -0.1) is 11.3 Å². The zero-order chi connectivity index (χ0) is 11.8. The Labute approximate surface area is 102 Å². The molecular weight excluding hydrogens is 236 g/mol. The fourth-order valence-corrected chi connectivity index (χ4v) is 2.58. The van der Waals surface area contributed by atoms with Crippen LogP contribution >= 0.6 is 11.3 Å². The standard InChI is InChI=1S/C12H10N2O2S/c1-8-5-12(17-7-8)14-11(15)6-9(13-14)10-3-2-4-16-10/h2-5,7H,6H2,1H3. The second-order valence-electron chi connectivity index (χ2n) is 3.87. The summed E-state index contributed by atoms with van der Waals surface area (Å²) in [7, 11) is 0. The van der Waals surface area contributed by atoms with E-state index >= 15 is 0 Å². The van der Waals surface area contributed by atoms with E-state index in [0.717, 1.165) is 10.6 Å². The third kappa shape index (κ3) is 1.78. The molecule has 0 saturated heterocycles. The lowest BCUT2D eigenvalue weighted by molar-refractivity contribution is -0.116. The van der Waals surface area contributed by atoms with Crippen LogP contribution in [0.4, 0.5) is 5.00 Å². The van der Waals surface area contributed by atoms with E-state index in [9.17, 15) is 4.79 Å². The summed E-state index contributed by atoms with van der Waals surface area (Å²) in [5.41, 5.74) is 1.82. The highest BCUT2D eigenvalue weighted by Crippen LogP contribution is 2.29. The summed E-state index contributed by atoms with van der Waals surface area (Å²) in [5, 5.41) is 8.62. The number of thiophene rings is 1. The number of amides is 1. The summed E-state index contributed by atoms with van der Waals surface area (Å²) < 4.78 is 5.25. The Kier molecular flexibility index (Phi) is 2.33. The van der Waals surface area contributed by atoms with Gasteiger partial charge in [-0.2, -0.15) is 10.1 Å². The second kappa shape index (κ2) is 3.85. The first-order chi connectivity index (χ1) is 8.24. The Morgan fingerprint density at radius 2 is 2.41 bits per heavy atom.